The molecule has 0 aliphatic rings. The predicted molar refractivity (Wildman–Crippen MR) is 54.6 cm³/mol. The molecular formula is C9H20O2S. The predicted octanol–water partition coefficient (Wildman–Crippen LogP) is 1.61. The van der Waals surface area contributed by atoms with Crippen LogP contribution in [0.3, 0.4) is 0 Å². The molecule has 0 aromatic heterocycles. The Morgan fingerprint density at radius 2 is 2.00 bits per heavy atom. The van der Waals surface area contributed by atoms with Crippen LogP contribution in [0.2, 0.25) is 0 Å². The van der Waals surface area contributed by atoms with Gasteiger partial charge in [-0.05, 0) is 19.3 Å². The number of thiol groups is 1. The molecular weight excluding hydrogens is 172 g/mol. The molecule has 0 saturated heterocycles. The van der Waals surface area contributed by atoms with Crippen molar-refractivity contribution in [2.45, 2.75) is 50.4 Å². The van der Waals surface area contributed by atoms with E-state index < -0.39 is 0 Å². The van der Waals surface area contributed by atoms with Crippen molar-refractivity contribution in [2.75, 3.05) is 6.61 Å². The average molecular weight is 192 g/mol. The molecule has 12 heavy (non-hydrogen) atoms. The minimum Gasteiger partial charge on any atom is -0.396 e. The fraction of sp³-hybridized carbons (Fsp3) is 1.00. The maximum Gasteiger partial charge on any atom is 0.0550 e. The smallest absolute Gasteiger partial charge is 0.0550 e. The third-order valence-corrected chi connectivity index (χ3v) is 2.37. The summed E-state index contributed by atoms with van der Waals surface area (Å²) in [5, 5.41) is 18.2. The highest BCUT2D eigenvalue weighted by Crippen LogP contribution is 2.13. The molecule has 0 aliphatic heterocycles. The van der Waals surface area contributed by atoms with Crippen LogP contribution in [0.5, 0.6) is 0 Å². The van der Waals surface area contributed by atoms with E-state index in [2.05, 4.69) is 19.6 Å². The van der Waals surface area contributed by atoms with Crippen LogP contribution < -0.4 is 0 Å². The molecule has 2 N–H and O–H groups in total. The van der Waals surface area contributed by atoms with Crippen molar-refractivity contribution in [2.24, 2.45) is 0 Å². The van der Waals surface area contributed by atoms with Crippen LogP contribution in [0, 0.1) is 0 Å². The summed E-state index contributed by atoms with van der Waals surface area (Å²) in [7, 11) is 0. The number of aliphatic hydroxyl groups excluding tert-OH is 2. The van der Waals surface area contributed by atoms with Gasteiger partial charge in [-0.3, -0.25) is 0 Å². The second-order valence-electron chi connectivity index (χ2n) is 3.20. The summed E-state index contributed by atoms with van der Waals surface area (Å²) < 4.78 is 0. The lowest BCUT2D eigenvalue weighted by molar-refractivity contribution is 0.147. The highest BCUT2D eigenvalue weighted by Gasteiger charge is 2.09. The van der Waals surface area contributed by atoms with Gasteiger partial charge in [0.25, 0.3) is 0 Å². The molecule has 0 spiro atoms. The van der Waals surface area contributed by atoms with E-state index in [9.17, 15) is 5.11 Å². The Balaban J connectivity index is 3.33. The Hall–Kier alpha value is 0.270. The van der Waals surface area contributed by atoms with Gasteiger partial charge in [-0.25, -0.2) is 0 Å². The Bertz CT molecular complexity index is 98.5. The summed E-state index contributed by atoms with van der Waals surface area (Å²) in [6.45, 7) is 2.27. The highest BCUT2D eigenvalue weighted by molar-refractivity contribution is 7.80. The van der Waals surface area contributed by atoms with Crippen molar-refractivity contribution < 1.29 is 10.2 Å². The van der Waals surface area contributed by atoms with Crippen LogP contribution in [0.25, 0.3) is 0 Å². The van der Waals surface area contributed by atoms with E-state index in [1.165, 1.54) is 0 Å². The maximum atomic E-state index is 9.45. The first-order valence-corrected chi connectivity index (χ1v) is 5.19. The van der Waals surface area contributed by atoms with E-state index in [1.807, 2.05) is 0 Å². The van der Waals surface area contributed by atoms with Crippen LogP contribution in [0.4, 0.5) is 0 Å². The first-order chi connectivity index (χ1) is 5.70. The summed E-state index contributed by atoms with van der Waals surface area (Å²) >= 11 is 4.25. The zero-order valence-corrected chi connectivity index (χ0v) is 8.63. The summed E-state index contributed by atoms with van der Waals surface area (Å²) in [5.74, 6) is 0. The lowest BCUT2D eigenvalue weighted by atomic mass is 10.1. The lowest BCUT2D eigenvalue weighted by Crippen LogP contribution is -2.14. The van der Waals surface area contributed by atoms with Crippen LogP contribution in [0.15, 0.2) is 0 Å². The van der Waals surface area contributed by atoms with Gasteiger partial charge in [0, 0.05) is 11.9 Å². The standard InChI is InChI=1S/C9H20O2S/c1-2-3-4-8(11)7-9(12)5-6-10/h8-12H,2-7H2,1H3. The Kier molecular flexibility index (Phi) is 8.07. The zero-order chi connectivity index (χ0) is 9.40. The van der Waals surface area contributed by atoms with Gasteiger partial charge in [0.2, 0.25) is 0 Å². The average Bonchev–Trinajstić information content (AvgIpc) is 2.01. The van der Waals surface area contributed by atoms with Gasteiger partial charge < -0.3 is 10.2 Å². The van der Waals surface area contributed by atoms with Gasteiger partial charge in [0.1, 0.15) is 0 Å². The fourth-order valence-electron chi connectivity index (χ4n) is 1.14. The van der Waals surface area contributed by atoms with E-state index >= 15 is 0 Å². The van der Waals surface area contributed by atoms with Crippen molar-refractivity contribution in [3.05, 3.63) is 0 Å². The normalized spacial score (nSPS) is 16.0. The van der Waals surface area contributed by atoms with Crippen LogP contribution in [-0.4, -0.2) is 28.2 Å². The topological polar surface area (TPSA) is 40.5 Å². The minimum absolute atomic E-state index is 0.141. The van der Waals surface area contributed by atoms with Crippen LogP contribution in [0.1, 0.15) is 39.0 Å². The number of hydrogen-bond donors (Lipinski definition) is 3. The van der Waals surface area contributed by atoms with E-state index in [1.54, 1.807) is 0 Å². The third kappa shape index (κ3) is 6.95. The summed E-state index contributed by atoms with van der Waals surface area (Å²) in [5.41, 5.74) is 0. The number of unbranched alkanes of at least 4 members (excludes halogenated alkanes) is 1. The Labute approximate surface area is 80.4 Å². The molecule has 0 aliphatic carbocycles. The molecule has 0 heterocycles. The number of hydrogen-bond acceptors (Lipinski definition) is 3. The molecule has 74 valence electrons. The van der Waals surface area contributed by atoms with E-state index in [4.69, 9.17) is 5.11 Å². The van der Waals surface area contributed by atoms with E-state index in [0.29, 0.717) is 12.8 Å². The van der Waals surface area contributed by atoms with Gasteiger partial charge >= 0.3 is 0 Å². The second kappa shape index (κ2) is 7.90. The zero-order valence-electron chi connectivity index (χ0n) is 7.74. The van der Waals surface area contributed by atoms with Crippen molar-refractivity contribution in [3.63, 3.8) is 0 Å². The maximum absolute atomic E-state index is 9.45. The Morgan fingerprint density at radius 1 is 1.33 bits per heavy atom. The van der Waals surface area contributed by atoms with Crippen molar-refractivity contribution in [1.29, 1.82) is 0 Å². The van der Waals surface area contributed by atoms with Crippen LogP contribution in [-0.2, 0) is 0 Å². The fourth-order valence-corrected chi connectivity index (χ4v) is 1.50. The van der Waals surface area contributed by atoms with Gasteiger partial charge in [-0.1, -0.05) is 19.8 Å². The quantitative estimate of drug-likeness (QED) is 0.536. The lowest BCUT2D eigenvalue weighted by Gasteiger charge is -2.14. The van der Waals surface area contributed by atoms with E-state index in [-0.39, 0.29) is 18.0 Å². The molecule has 0 radical (unpaired) electrons. The molecule has 0 fully saturated rings. The molecule has 0 aromatic rings. The summed E-state index contributed by atoms with van der Waals surface area (Å²) in [4.78, 5) is 0. The number of aliphatic hydroxyl groups is 2. The number of rotatable bonds is 7. The first kappa shape index (κ1) is 12.3. The van der Waals surface area contributed by atoms with Gasteiger partial charge in [0.15, 0.2) is 0 Å². The van der Waals surface area contributed by atoms with Gasteiger partial charge in [0.05, 0.1) is 6.10 Å². The molecule has 2 atom stereocenters. The summed E-state index contributed by atoms with van der Waals surface area (Å²) in [6.07, 6.45) is 4.18. The largest absolute Gasteiger partial charge is 0.396 e. The molecule has 0 aromatic carbocycles. The molecule has 2 nitrogen and oxygen atoms in total. The first-order valence-electron chi connectivity index (χ1n) is 4.67. The van der Waals surface area contributed by atoms with Gasteiger partial charge in [-0.2, -0.15) is 12.6 Å². The molecule has 2 unspecified atom stereocenters. The van der Waals surface area contributed by atoms with Crippen molar-refractivity contribution in [3.8, 4) is 0 Å². The van der Waals surface area contributed by atoms with Gasteiger partial charge in [-0.15, -0.1) is 0 Å². The van der Waals surface area contributed by atoms with Crippen molar-refractivity contribution >= 4 is 12.6 Å². The monoisotopic (exact) mass is 192 g/mol. The third-order valence-electron chi connectivity index (χ3n) is 1.90. The SMILES string of the molecule is CCCCC(O)CC(S)CCO. The van der Waals surface area contributed by atoms with E-state index in [0.717, 1.165) is 19.3 Å². The van der Waals surface area contributed by atoms with Crippen LogP contribution >= 0.6 is 12.6 Å². The molecule has 0 saturated carbocycles. The molecule has 0 bridgehead atoms. The molecule has 0 rings (SSSR count). The Morgan fingerprint density at radius 3 is 2.50 bits per heavy atom. The molecule has 3 heteroatoms. The highest BCUT2D eigenvalue weighted by atomic mass is 32.1. The summed E-state index contributed by atoms with van der Waals surface area (Å²) in [6, 6.07) is 0. The second-order valence-corrected chi connectivity index (χ2v) is 3.93. The minimum atomic E-state index is -0.237. The van der Waals surface area contributed by atoms with Crippen molar-refractivity contribution in [1.82, 2.24) is 0 Å². The molecule has 0 amide bonds.